The Kier molecular flexibility index (Phi) is 3.60. The fraction of sp³-hybridized carbons (Fsp3) is 0.294. The monoisotopic (exact) mass is 296 g/mol. The van der Waals surface area contributed by atoms with Crippen molar-refractivity contribution in [1.82, 2.24) is 4.90 Å². The van der Waals surface area contributed by atoms with Gasteiger partial charge < -0.3 is 14.1 Å². The minimum Gasteiger partial charge on any atom is -0.487 e. The fourth-order valence-electron chi connectivity index (χ4n) is 2.48. The van der Waals surface area contributed by atoms with Gasteiger partial charge in [-0.2, -0.15) is 5.26 Å². The zero-order chi connectivity index (χ0) is 15.7. The summed E-state index contributed by atoms with van der Waals surface area (Å²) in [5.41, 5.74) is 1.46. The lowest BCUT2D eigenvalue weighted by molar-refractivity contribution is 0.0154. The van der Waals surface area contributed by atoms with Gasteiger partial charge in [0.25, 0.3) is 5.91 Å². The van der Waals surface area contributed by atoms with Crippen molar-refractivity contribution in [2.75, 3.05) is 13.1 Å². The third-order valence-corrected chi connectivity index (χ3v) is 3.66. The topological polar surface area (TPSA) is 66.5 Å². The fourth-order valence-corrected chi connectivity index (χ4v) is 2.48. The van der Waals surface area contributed by atoms with E-state index in [1.54, 1.807) is 29.2 Å². The number of nitriles is 1. The highest BCUT2D eigenvalue weighted by Crippen LogP contribution is 2.22. The molecule has 2 aromatic rings. The molecule has 0 aliphatic carbocycles. The standard InChI is InChI=1S/C17H16N2O3/c1-11-7-12(2)21-16(11)17(20)19-9-15(10-19)22-14-5-3-13(8-18)4-6-14/h3-7,15H,9-10H2,1-2H3. The second kappa shape index (κ2) is 5.57. The third-order valence-electron chi connectivity index (χ3n) is 3.66. The van der Waals surface area contributed by atoms with Gasteiger partial charge in [0, 0.05) is 5.56 Å². The van der Waals surface area contributed by atoms with Gasteiger partial charge in [-0.05, 0) is 44.2 Å². The first-order valence-corrected chi connectivity index (χ1v) is 7.10. The average Bonchev–Trinajstić information content (AvgIpc) is 2.81. The number of carbonyl (C=O) groups excluding carboxylic acids is 1. The zero-order valence-corrected chi connectivity index (χ0v) is 12.5. The average molecular weight is 296 g/mol. The van der Waals surface area contributed by atoms with E-state index < -0.39 is 0 Å². The summed E-state index contributed by atoms with van der Waals surface area (Å²) in [4.78, 5) is 14.0. The highest BCUT2D eigenvalue weighted by atomic mass is 16.5. The number of rotatable bonds is 3. The molecule has 0 unspecified atom stereocenters. The summed E-state index contributed by atoms with van der Waals surface area (Å²) in [7, 11) is 0. The maximum Gasteiger partial charge on any atom is 0.290 e. The lowest BCUT2D eigenvalue weighted by atomic mass is 10.1. The van der Waals surface area contributed by atoms with Gasteiger partial charge in [0.1, 0.15) is 17.6 Å². The molecule has 1 aromatic carbocycles. The van der Waals surface area contributed by atoms with Crippen molar-refractivity contribution in [3.63, 3.8) is 0 Å². The summed E-state index contributed by atoms with van der Waals surface area (Å²) in [5.74, 6) is 1.77. The van der Waals surface area contributed by atoms with E-state index >= 15 is 0 Å². The Labute approximate surface area is 128 Å². The van der Waals surface area contributed by atoms with Crippen LogP contribution >= 0.6 is 0 Å². The van der Waals surface area contributed by atoms with Crippen LogP contribution in [0.5, 0.6) is 5.75 Å². The number of benzene rings is 1. The summed E-state index contributed by atoms with van der Waals surface area (Å²) in [6.07, 6.45) is -0.0201. The second-order valence-corrected chi connectivity index (χ2v) is 5.46. The van der Waals surface area contributed by atoms with Crippen molar-refractivity contribution >= 4 is 5.91 Å². The second-order valence-electron chi connectivity index (χ2n) is 5.46. The molecule has 0 N–H and O–H groups in total. The van der Waals surface area contributed by atoms with E-state index in [1.807, 2.05) is 19.9 Å². The molecular formula is C17H16N2O3. The van der Waals surface area contributed by atoms with Gasteiger partial charge in [-0.25, -0.2) is 0 Å². The van der Waals surface area contributed by atoms with Crippen molar-refractivity contribution in [2.24, 2.45) is 0 Å². The first kappa shape index (κ1) is 14.2. The highest BCUT2D eigenvalue weighted by molar-refractivity contribution is 5.93. The van der Waals surface area contributed by atoms with Gasteiger partial charge in [-0.1, -0.05) is 0 Å². The van der Waals surface area contributed by atoms with Crippen LogP contribution in [0.15, 0.2) is 34.7 Å². The van der Waals surface area contributed by atoms with Crippen LogP contribution < -0.4 is 4.74 Å². The minimum absolute atomic E-state index is 0.0201. The smallest absolute Gasteiger partial charge is 0.290 e. The van der Waals surface area contributed by atoms with Crippen LogP contribution in [0.4, 0.5) is 0 Å². The van der Waals surface area contributed by atoms with Gasteiger partial charge >= 0.3 is 0 Å². The van der Waals surface area contributed by atoms with Crippen molar-refractivity contribution in [3.8, 4) is 11.8 Å². The van der Waals surface area contributed by atoms with Gasteiger partial charge in [-0.15, -0.1) is 0 Å². The number of amides is 1. The molecule has 1 aliphatic heterocycles. The molecule has 112 valence electrons. The molecule has 0 bridgehead atoms. The zero-order valence-electron chi connectivity index (χ0n) is 12.5. The molecule has 0 spiro atoms. The predicted octanol–water partition coefficient (Wildman–Crippen LogP) is 2.67. The summed E-state index contributed by atoms with van der Waals surface area (Å²) in [5, 5.41) is 8.75. The Morgan fingerprint density at radius 2 is 2.00 bits per heavy atom. The largest absolute Gasteiger partial charge is 0.487 e. The van der Waals surface area contributed by atoms with Crippen molar-refractivity contribution in [2.45, 2.75) is 20.0 Å². The Hall–Kier alpha value is -2.74. The van der Waals surface area contributed by atoms with E-state index in [0.29, 0.717) is 30.2 Å². The van der Waals surface area contributed by atoms with E-state index in [0.717, 1.165) is 11.3 Å². The van der Waals surface area contributed by atoms with Gasteiger partial charge in [0.15, 0.2) is 5.76 Å². The van der Waals surface area contributed by atoms with Crippen LogP contribution in [-0.4, -0.2) is 30.0 Å². The lowest BCUT2D eigenvalue weighted by Gasteiger charge is -2.38. The van der Waals surface area contributed by atoms with Crippen molar-refractivity contribution < 1.29 is 13.9 Å². The predicted molar refractivity (Wildman–Crippen MR) is 79.7 cm³/mol. The molecule has 22 heavy (non-hydrogen) atoms. The number of likely N-dealkylation sites (tertiary alicyclic amines) is 1. The third kappa shape index (κ3) is 2.68. The first-order valence-electron chi connectivity index (χ1n) is 7.10. The minimum atomic E-state index is -0.0923. The molecule has 3 rings (SSSR count). The van der Waals surface area contributed by atoms with Crippen molar-refractivity contribution in [1.29, 1.82) is 5.26 Å². The summed E-state index contributed by atoms with van der Waals surface area (Å²) in [6.45, 7) is 4.78. The maximum absolute atomic E-state index is 12.3. The van der Waals surface area contributed by atoms with Crippen LogP contribution in [0.25, 0.3) is 0 Å². The number of hydrogen-bond donors (Lipinski definition) is 0. The van der Waals surface area contributed by atoms with E-state index in [4.69, 9.17) is 14.4 Å². The SMILES string of the molecule is Cc1cc(C)c(C(=O)N2CC(Oc3ccc(C#N)cc3)C2)o1. The summed E-state index contributed by atoms with van der Waals surface area (Å²) < 4.78 is 11.2. The number of carbonyl (C=O) groups is 1. The quantitative estimate of drug-likeness (QED) is 0.873. The number of aryl methyl sites for hydroxylation is 2. The lowest BCUT2D eigenvalue weighted by Crippen LogP contribution is -2.56. The molecule has 1 fully saturated rings. The molecule has 0 saturated carbocycles. The summed E-state index contributed by atoms with van der Waals surface area (Å²) >= 11 is 0. The molecule has 1 saturated heterocycles. The van der Waals surface area contributed by atoms with Gasteiger partial charge in [0.05, 0.1) is 24.7 Å². The molecule has 1 aromatic heterocycles. The number of furan rings is 1. The van der Waals surface area contributed by atoms with Gasteiger partial charge in [-0.3, -0.25) is 4.79 Å². The van der Waals surface area contributed by atoms with Crippen LogP contribution in [0.2, 0.25) is 0 Å². The molecule has 5 nitrogen and oxygen atoms in total. The van der Waals surface area contributed by atoms with E-state index in [1.165, 1.54) is 0 Å². The van der Waals surface area contributed by atoms with Crippen LogP contribution in [0.3, 0.4) is 0 Å². The Morgan fingerprint density at radius 3 is 2.55 bits per heavy atom. The Morgan fingerprint density at radius 1 is 1.32 bits per heavy atom. The maximum atomic E-state index is 12.3. The van der Waals surface area contributed by atoms with Crippen molar-refractivity contribution in [3.05, 3.63) is 53.0 Å². The molecule has 5 heteroatoms. The molecule has 1 amide bonds. The Bertz CT molecular complexity index is 734. The normalized spacial score (nSPS) is 14.3. The summed E-state index contributed by atoms with van der Waals surface area (Å²) in [6, 6.07) is 10.9. The number of ether oxygens (including phenoxy) is 1. The van der Waals surface area contributed by atoms with Crippen LogP contribution in [0.1, 0.15) is 27.4 Å². The molecule has 2 heterocycles. The van der Waals surface area contributed by atoms with Crippen LogP contribution in [0, 0.1) is 25.2 Å². The first-order chi connectivity index (χ1) is 10.6. The number of nitrogens with zero attached hydrogens (tertiary/aromatic N) is 2. The molecule has 0 atom stereocenters. The molecule has 0 radical (unpaired) electrons. The van der Waals surface area contributed by atoms with Crippen LogP contribution in [-0.2, 0) is 0 Å². The van der Waals surface area contributed by atoms with E-state index in [2.05, 4.69) is 6.07 Å². The highest BCUT2D eigenvalue weighted by Gasteiger charge is 2.34. The van der Waals surface area contributed by atoms with E-state index in [9.17, 15) is 4.79 Å². The molecular weight excluding hydrogens is 280 g/mol. The Balaban J connectivity index is 1.56. The van der Waals surface area contributed by atoms with E-state index in [-0.39, 0.29) is 12.0 Å². The van der Waals surface area contributed by atoms with Gasteiger partial charge in [0.2, 0.25) is 0 Å². The molecule has 1 aliphatic rings. The number of hydrogen-bond acceptors (Lipinski definition) is 4.